The SMILES string of the molecule is CC(C)n1ncnc1CC(O)c1cc2c(s1)CCCCC2. The van der Waals surface area contributed by atoms with Crippen molar-refractivity contribution < 1.29 is 5.11 Å². The van der Waals surface area contributed by atoms with E-state index in [1.54, 1.807) is 17.7 Å². The molecule has 114 valence electrons. The molecule has 0 radical (unpaired) electrons. The van der Waals surface area contributed by atoms with Crippen LogP contribution in [-0.2, 0) is 19.3 Å². The maximum Gasteiger partial charge on any atom is 0.138 e. The van der Waals surface area contributed by atoms with E-state index in [-0.39, 0.29) is 6.04 Å². The van der Waals surface area contributed by atoms with Crippen LogP contribution in [0.25, 0.3) is 0 Å². The summed E-state index contributed by atoms with van der Waals surface area (Å²) in [5.41, 5.74) is 1.46. The molecule has 2 aromatic heterocycles. The van der Waals surface area contributed by atoms with Crippen LogP contribution in [0, 0.1) is 0 Å². The number of aryl methyl sites for hydroxylation is 2. The van der Waals surface area contributed by atoms with Crippen molar-refractivity contribution in [3.63, 3.8) is 0 Å². The Labute approximate surface area is 129 Å². The summed E-state index contributed by atoms with van der Waals surface area (Å²) >= 11 is 1.79. The molecular formula is C16H23N3OS. The third kappa shape index (κ3) is 3.19. The highest BCUT2D eigenvalue weighted by atomic mass is 32.1. The molecule has 0 bridgehead atoms. The smallest absolute Gasteiger partial charge is 0.138 e. The molecule has 1 aliphatic carbocycles. The summed E-state index contributed by atoms with van der Waals surface area (Å²) in [6.45, 7) is 4.16. The number of rotatable bonds is 4. The first-order valence-corrected chi connectivity index (χ1v) is 8.64. The van der Waals surface area contributed by atoms with Crippen molar-refractivity contribution >= 4 is 11.3 Å². The second kappa shape index (κ2) is 6.28. The van der Waals surface area contributed by atoms with E-state index in [9.17, 15) is 5.11 Å². The lowest BCUT2D eigenvalue weighted by Crippen LogP contribution is -2.11. The molecule has 0 saturated heterocycles. The van der Waals surface area contributed by atoms with Gasteiger partial charge in [-0.25, -0.2) is 9.67 Å². The fourth-order valence-electron chi connectivity index (χ4n) is 2.98. The zero-order valence-electron chi connectivity index (χ0n) is 12.7. The molecule has 0 spiro atoms. The summed E-state index contributed by atoms with van der Waals surface area (Å²) in [7, 11) is 0. The molecule has 5 heteroatoms. The number of thiophene rings is 1. The summed E-state index contributed by atoms with van der Waals surface area (Å²) < 4.78 is 1.89. The Morgan fingerprint density at radius 1 is 1.29 bits per heavy atom. The van der Waals surface area contributed by atoms with Crippen LogP contribution in [0.3, 0.4) is 0 Å². The van der Waals surface area contributed by atoms with Crippen LogP contribution in [0.1, 0.15) is 66.4 Å². The lowest BCUT2D eigenvalue weighted by atomic mass is 10.1. The number of hydrogen-bond acceptors (Lipinski definition) is 4. The molecule has 1 atom stereocenters. The summed E-state index contributed by atoms with van der Waals surface area (Å²) in [6, 6.07) is 2.49. The molecule has 1 unspecified atom stereocenters. The van der Waals surface area contributed by atoms with Crippen molar-refractivity contribution in [2.75, 3.05) is 0 Å². The first-order valence-electron chi connectivity index (χ1n) is 7.83. The molecule has 1 N–H and O–H groups in total. The van der Waals surface area contributed by atoms with E-state index in [1.165, 1.54) is 42.5 Å². The van der Waals surface area contributed by atoms with Gasteiger partial charge in [0.15, 0.2) is 0 Å². The van der Waals surface area contributed by atoms with Crippen molar-refractivity contribution in [3.8, 4) is 0 Å². The van der Waals surface area contributed by atoms with Gasteiger partial charge in [-0.15, -0.1) is 11.3 Å². The number of aromatic nitrogens is 3. The minimum Gasteiger partial charge on any atom is -0.387 e. The van der Waals surface area contributed by atoms with Crippen LogP contribution in [0.2, 0.25) is 0 Å². The molecule has 2 aromatic rings. The van der Waals surface area contributed by atoms with Gasteiger partial charge in [-0.2, -0.15) is 5.10 Å². The van der Waals surface area contributed by atoms with Crippen LogP contribution in [0.4, 0.5) is 0 Å². The zero-order chi connectivity index (χ0) is 14.8. The Kier molecular flexibility index (Phi) is 4.40. The Morgan fingerprint density at radius 3 is 2.90 bits per heavy atom. The van der Waals surface area contributed by atoms with Crippen molar-refractivity contribution in [2.24, 2.45) is 0 Å². The summed E-state index contributed by atoms with van der Waals surface area (Å²) in [6.07, 6.45) is 7.88. The number of aliphatic hydroxyl groups excluding tert-OH is 1. The van der Waals surface area contributed by atoms with E-state index in [2.05, 4.69) is 30.0 Å². The van der Waals surface area contributed by atoms with Gasteiger partial charge >= 0.3 is 0 Å². The zero-order valence-corrected chi connectivity index (χ0v) is 13.6. The van der Waals surface area contributed by atoms with Crippen molar-refractivity contribution in [2.45, 2.75) is 64.5 Å². The Hall–Kier alpha value is -1.20. The Morgan fingerprint density at radius 2 is 2.10 bits per heavy atom. The lowest BCUT2D eigenvalue weighted by molar-refractivity contribution is 0.177. The fourth-order valence-corrected chi connectivity index (χ4v) is 4.22. The monoisotopic (exact) mass is 305 g/mol. The standard InChI is InChI=1S/C16H23N3OS/c1-11(2)19-16(17-10-18-19)9-13(20)15-8-12-6-4-3-5-7-14(12)21-15/h8,10-11,13,20H,3-7,9H2,1-2H3. The molecule has 3 rings (SSSR count). The Bertz CT molecular complexity index is 579. The topological polar surface area (TPSA) is 50.9 Å². The van der Waals surface area contributed by atoms with Crippen molar-refractivity contribution in [1.29, 1.82) is 0 Å². The van der Waals surface area contributed by atoms with Crippen LogP contribution in [0.5, 0.6) is 0 Å². The average molecular weight is 305 g/mol. The summed E-state index contributed by atoms with van der Waals surface area (Å²) in [4.78, 5) is 6.86. The number of fused-ring (bicyclic) bond motifs is 1. The van der Waals surface area contributed by atoms with Gasteiger partial charge in [0, 0.05) is 22.2 Å². The average Bonchev–Trinajstić information content (AvgIpc) is 3.01. The molecule has 4 nitrogen and oxygen atoms in total. The predicted octanol–water partition coefficient (Wildman–Crippen LogP) is 3.47. The highest BCUT2D eigenvalue weighted by Gasteiger charge is 2.19. The van der Waals surface area contributed by atoms with Gasteiger partial charge in [-0.3, -0.25) is 0 Å². The molecule has 0 aliphatic heterocycles. The van der Waals surface area contributed by atoms with Gasteiger partial charge in [0.05, 0.1) is 6.10 Å². The van der Waals surface area contributed by atoms with Crippen LogP contribution >= 0.6 is 11.3 Å². The van der Waals surface area contributed by atoms with Gasteiger partial charge in [0.25, 0.3) is 0 Å². The number of aliphatic hydroxyl groups is 1. The third-order valence-electron chi connectivity index (χ3n) is 4.11. The molecule has 2 heterocycles. The van der Waals surface area contributed by atoms with Gasteiger partial charge in [-0.1, -0.05) is 6.42 Å². The normalized spacial score (nSPS) is 16.8. The first kappa shape index (κ1) is 14.7. The van der Waals surface area contributed by atoms with Crippen LogP contribution in [-0.4, -0.2) is 19.9 Å². The van der Waals surface area contributed by atoms with E-state index in [4.69, 9.17) is 0 Å². The largest absolute Gasteiger partial charge is 0.387 e. The summed E-state index contributed by atoms with van der Waals surface area (Å²) in [5.74, 6) is 0.862. The van der Waals surface area contributed by atoms with Crippen LogP contribution in [0.15, 0.2) is 12.4 Å². The highest BCUT2D eigenvalue weighted by Crippen LogP contribution is 2.33. The van der Waals surface area contributed by atoms with E-state index in [0.717, 1.165) is 10.7 Å². The van der Waals surface area contributed by atoms with Gasteiger partial charge < -0.3 is 5.11 Å². The Balaban J connectivity index is 1.76. The molecule has 21 heavy (non-hydrogen) atoms. The molecule has 0 saturated carbocycles. The summed E-state index contributed by atoms with van der Waals surface area (Å²) in [5, 5.41) is 14.8. The second-order valence-electron chi connectivity index (χ2n) is 6.09. The maximum atomic E-state index is 10.5. The molecular weight excluding hydrogens is 282 g/mol. The minimum absolute atomic E-state index is 0.273. The van der Waals surface area contributed by atoms with Gasteiger partial charge in [0.2, 0.25) is 0 Å². The number of nitrogens with zero attached hydrogens (tertiary/aromatic N) is 3. The van der Waals surface area contributed by atoms with E-state index in [1.807, 2.05) is 4.68 Å². The quantitative estimate of drug-likeness (QED) is 0.880. The molecule has 0 fully saturated rings. The van der Waals surface area contributed by atoms with E-state index < -0.39 is 6.10 Å². The second-order valence-corrected chi connectivity index (χ2v) is 7.26. The molecule has 0 amide bonds. The minimum atomic E-state index is -0.469. The van der Waals surface area contributed by atoms with Gasteiger partial charge in [0.1, 0.15) is 12.2 Å². The lowest BCUT2D eigenvalue weighted by Gasteiger charge is -2.12. The highest BCUT2D eigenvalue weighted by molar-refractivity contribution is 7.12. The van der Waals surface area contributed by atoms with E-state index in [0.29, 0.717) is 6.42 Å². The molecule has 0 aromatic carbocycles. The first-order chi connectivity index (χ1) is 10.1. The predicted molar refractivity (Wildman–Crippen MR) is 84.6 cm³/mol. The number of hydrogen-bond donors (Lipinski definition) is 1. The van der Waals surface area contributed by atoms with Crippen molar-refractivity contribution in [1.82, 2.24) is 14.8 Å². The van der Waals surface area contributed by atoms with Crippen LogP contribution < -0.4 is 0 Å². The fraction of sp³-hybridized carbons (Fsp3) is 0.625. The van der Waals surface area contributed by atoms with E-state index >= 15 is 0 Å². The van der Waals surface area contributed by atoms with Gasteiger partial charge in [-0.05, 0) is 51.2 Å². The third-order valence-corrected chi connectivity index (χ3v) is 5.44. The maximum absolute atomic E-state index is 10.5. The van der Waals surface area contributed by atoms with Crippen molar-refractivity contribution in [3.05, 3.63) is 33.5 Å². The molecule has 1 aliphatic rings.